The van der Waals surface area contributed by atoms with Gasteiger partial charge in [0.05, 0.1) is 0 Å². The highest BCUT2D eigenvalue weighted by Crippen LogP contribution is 2.34. The zero-order chi connectivity index (χ0) is 24.6. The number of aryl methyl sites for hydroxylation is 1. The topological polar surface area (TPSA) is 45.6 Å². The molecule has 5 nitrogen and oxygen atoms in total. The molecule has 178 valence electrons. The molecule has 3 aromatic rings. The van der Waals surface area contributed by atoms with Crippen molar-refractivity contribution >= 4 is 11.8 Å². The first kappa shape index (κ1) is 23.7. The molecule has 1 aliphatic rings. The highest BCUT2D eigenvalue weighted by molar-refractivity contribution is 5.97. The molecule has 2 aromatic carbocycles. The quantitative estimate of drug-likeness (QED) is 0.548. The van der Waals surface area contributed by atoms with E-state index in [2.05, 4.69) is 0 Å². The maximum absolute atomic E-state index is 14.8. The van der Waals surface area contributed by atoms with Crippen LogP contribution in [0, 0.1) is 18.6 Å². The summed E-state index contributed by atoms with van der Waals surface area (Å²) in [4.78, 5) is 30.2. The highest BCUT2D eigenvalue weighted by Gasteiger charge is 2.37. The zero-order valence-electron chi connectivity index (χ0n) is 19.9. The van der Waals surface area contributed by atoms with Crippen LogP contribution >= 0.6 is 0 Å². The van der Waals surface area contributed by atoms with Crippen molar-refractivity contribution in [2.45, 2.75) is 45.8 Å². The van der Waals surface area contributed by atoms with Crippen molar-refractivity contribution in [1.82, 2.24) is 14.4 Å². The van der Waals surface area contributed by atoms with E-state index in [0.717, 1.165) is 5.69 Å². The number of fused-ring (bicyclic) bond motifs is 1. The number of aromatic nitrogens is 1. The predicted octanol–water partition coefficient (Wildman–Crippen LogP) is 4.95. The average Bonchev–Trinajstić information content (AvgIpc) is 3.27. The Bertz CT molecular complexity index is 1230. The summed E-state index contributed by atoms with van der Waals surface area (Å²) >= 11 is 0. The molecule has 34 heavy (non-hydrogen) atoms. The minimum atomic E-state index is -0.668. The Labute approximate surface area is 198 Å². The Morgan fingerprint density at radius 2 is 1.74 bits per heavy atom. The number of rotatable bonds is 4. The molecule has 0 bridgehead atoms. The van der Waals surface area contributed by atoms with Crippen LogP contribution in [-0.4, -0.2) is 44.8 Å². The van der Waals surface area contributed by atoms with E-state index in [4.69, 9.17) is 0 Å². The molecular formula is C27H29F2N3O2. The third kappa shape index (κ3) is 4.47. The summed E-state index contributed by atoms with van der Waals surface area (Å²) in [5, 5.41) is 0. The Kier molecular flexibility index (Phi) is 6.30. The summed E-state index contributed by atoms with van der Waals surface area (Å²) in [5.41, 5.74) is 1.26. The fourth-order valence-electron chi connectivity index (χ4n) is 4.45. The number of carbonyl (C=O) groups excluding carboxylic acids is 2. The van der Waals surface area contributed by atoms with E-state index in [-0.39, 0.29) is 30.0 Å². The lowest BCUT2D eigenvalue weighted by Gasteiger charge is -2.41. The lowest BCUT2D eigenvalue weighted by Crippen LogP contribution is -2.53. The van der Waals surface area contributed by atoms with Gasteiger partial charge in [0.1, 0.15) is 24.2 Å². The molecule has 2 heterocycles. The molecule has 0 aliphatic carbocycles. The maximum atomic E-state index is 14.8. The van der Waals surface area contributed by atoms with Gasteiger partial charge in [-0.1, -0.05) is 18.2 Å². The molecule has 1 aliphatic heterocycles. The van der Waals surface area contributed by atoms with Crippen LogP contribution in [0.2, 0.25) is 0 Å². The minimum Gasteiger partial charge on any atom is -0.348 e. The molecule has 1 aromatic heterocycles. The second-order valence-corrected chi connectivity index (χ2v) is 9.66. The van der Waals surface area contributed by atoms with Crippen molar-refractivity contribution in [2.24, 2.45) is 0 Å². The van der Waals surface area contributed by atoms with E-state index in [0.29, 0.717) is 29.8 Å². The van der Waals surface area contributed by atoms with Crippen LogP contribution in [0.3, 0.4) is 0 Å². The fraction of sp³-hybridized carbons (Fsp3) is 0.333. The number of benzene rings is 2. The molecule has 0 N–H and O–H groups in total. The lowest BCUT2D eigenvalue weighted by atomic mass is 9.98. The largest absolute Gasteiger partial charge is 0.348 e. The third-order valence-corrected chi connectivity index (χ3v) is 6.31. The van der Waals surface area contributed by atoms with Crippen LogP contribution < -0.4 is 0 Å². The maximum Gasteiger partial charge on any atom is 0.254 e. The molecule has 7 heteroatoms. The summed E-state index contributed by atoms with van der Waals surface area (Å²) in [6.07, 6.45) is 1.92. The molecule has 0 radical (unpaired) electrons. The summed E-state index contributed by atoms with van der Waals surface area (Å²) in [7, 11) is 0. The van der Waals surface area contributed by atoms with Gasteiger partial charge >= 0.3 is 0 Å². The van der Waals surface area contributed by atoms with Gasteiger partial charge in [-0.2, -0.15) is 0 Å². The van der Waals surface area contributed by atoms with Gasteiger partial charge in [0.15, 0.2) is 0 Å². The van der Waals surface area contributed by atoms with Gasteiger partial charge < -0.3 is 14.4 Å². The van der Waals surface area contributed by atoms with E-state index < -0.39 is 11.6 Å². The third-order valence-electron chi connectivity index (χ3n) is 6.31. The summed E-state index contributed by atoms with van der Waals surface area (Å²) < 4.78 is 30.6. The smallest absolute Gasteiger partial charge is 0.254 e. The first-order valence-corrected chi connectivity index (χ1v) is 11.3. The number of halogens is 2. The average molecular weight is 466 g/mol. The molecule has 0 spiro atoms. The van der Waals surface area contributed by atoms with Gasteiger partial charge in [-0.3, -0.25) is 9.59 Å². The van der Waals surface area contributed by atoms with Gasteiger partial charge in [0, 0.05) is 41.6 Å². The highest BCUT2D eigenvalue weighted by atomic mass is 19.1. The van der Waals surface area contributed by atoms with Crippen LogP contribution in [0.4, 0.5) is 8.78 Å². The standard InChI is InChI=1S/C27H29F2N3O2/c1-18-16-19(11-12-21(18)28)26(34)32(27(2,3)4)17-24(33)31-15-14-30-13-7-10-23(30)25(31)20-8-5-6-9-22(20)29/h5-13,16,25H,14-15,17H2,1-4H3/t25-/m1/s1. The lowest BCUT2D eigenvalue weighted by molar-refractivity contribution is -0.135. The predicted molar refractivity (Wildman–Crippen MR) is 126 cm³/mol. The Morgan fingerprint density at radius 1 is 1.00 bits per heavy atom. The summed E-state index contributed by atoms with van der Waals surface area (Å²) in [6.45, 7) is 7.95. The molecule has 4 rings (SSSR count). The molecule has 2 amide bonds. The Balaban J connectivity index is 1.67. The van der Waals surface area contributed by atoms with Gasteiger partial charge in [-0.05, 0) is 69.7 Å². The van der Waals surface area contributed by atoms with Crippen LogP contribution in [0.1, 0.15) is 54.0 Å². The van der Waals surface area contributed by atoms with Crippen LogP contribution in [0.15, 0.2) is 60.8 Å². The molecular weight excluding hydrogens is 436 g/mol. The molecule has 0 saturated carbocycles. The first-order chi connectivity index (χ1) is 16.1. The summed E-state index contributed by atoms with van der Waals surface area (Å²) in [5.74, 6) is -1.40. The van der Waals surface area contributed by atoms with E-state index in [1.54, 1.807) is 30.0 Å². The van der Waals surface area contributed by atoms with Gasteiger partial charge in [0.2, 0.25) is 5.91 Å². The van der Waals surface area contributed by atoms with E-state index in [1.807, 2.05) is 43.7 Å². The van der Waals surface area contributed by atoms with Crippen LogP contribution in [-0.2, 0) is 11.3 Å². The van der Waals surface area contributed by atoms with Crippen molar-refractivity contribution in [1.29, 1.82) is 0 Å². The molecule has 0 saturated heterocycles. The number of carbonyl (C=O) groups is 2. The minimum absolute atomic E-state index is 0.176. The second-order valence-electron chi connectivity index (χ2n) is 9.66. The molecule has 0 unspecified atom stereocenters. The van der Waals surface area contributed by atoms with E-state index in [9.17, 15) is 18.4 Å². The van der Waals surface area contributed by atoms with Crippen LogP contribution in [0.5, 0.6) is 0 Å². The van der Waals surface area contributed by atoms with E-state index >= 15 is 0 Å². The number of nitrogens with zero attached hydrogens (tertiary/aromatic N) is 3. The number of hydrogen-bond acceptors (Lipinski definition) is 2. The monoisotopic (exact) mass is 465 g/mol. The van der Waals surface area contributed by atoms with E-state index in [1.165, 1.54) is 29.2 Å². The van der Waals surface area contributed by atoms with Crippen molar-refractivity contribution in [2.75, 3.05) is 13.1 Å². The molecule has 0 fully saturated rings. The first-order valence-electron chi connectivity index (χ1n) is 11.3. The fourth-order valence-corrected chi connectivity index (χ4v) is 4.45. The Hall–Kier alpha value is -3.48. The van der Waals surface area contributed by atoms with Crippen molar-refractivity contribution < 1.29 is 18.4 Å². The second kappa shape index (κ2) is 9.05. The van der Waals surface area contributed by atoms with Crippen molar-refractivity contribution in [3.63, 3.8) is 0 Å². The van der Waals surface area contributed by atoms with Crippen molar-refractivity contribution in [3.8, 4) is 0 Å². The van der Waals surface area contributed by atoms with Crippen LogP contribution in [0.25, 0.3) is 0 Å². The number of amides is 2. The Morgan fingerprint density at radius 3 is 2.41 bits per heavy atom. The normalized spacial score (nSPS) is 15.7. The van der Waals surface area contributed by atoms with Gasteiger partial charge in [0.25, 0.3) is 5.91 Å². The van der Waals surface area contributed by atoms with Gasteiger partial charge in [-0.25, -0.2) is 8.78 Å². The van der Waals surface area contributed by atoms with Crippen molar-refractivity contribution in [3.05, 3.63) is 94.8 Å². The summed E-state index contributed by atoms with van der Waals surface area (Å²) in [6, 6.07) is 13.8. The SMILES string of the molecule is Cc1cc(C(=O)N(CC(=O)N2CCn3cccc3[C@H]2c2ccccc2F)C(C)(C)C)ccc1F. The number of hydrogen-bond donors (Lipinski definition) is 0. The molecule has 1 atom stereocenters. The van der Waals surface area contributed by atoms with Gasteiger partial charge in [-0.15, -0.1) is 0 Å². The zero-order valence-corrected chi connectivity index (χ0v) is 19.9.